The number of nitrogens with one attached hydrogen (secondary N) is 2. The number of ether oxygens (including phenoxy) is 1. The lowest BCUT2D eigenvalue weighted by molar-refractivity contribution is -0.120. The fourth-order valence-electron chi connectivity index (χ4n) is 1.96. The molecule has 18 heavy (non-hydrogen) atoms. The molecule has 1 amide bonds. The number of halogens is 1. The van der Waals surface area contributed by atoms with Gasteiger partial charge in [0, 0.05) is 11.7 Å². The van der Waals surface area contributed by atoms with Gasteiger partial charge >= 0.3 is 0 Å². The molecule has 1 aromatic rings. The molecule has 1 aliphatic heterocycles. The first kappa shape index (κ1) is 13.0. The Balaban J connectivity index is 1.68. The summed E-state index contributed by atoms with van der Waals surface area (Å²) in [7, 11) is 0. The molecule has 1 unspecified atom stereocenters. The minimum atomic E-state index is -0.371. The van der Waals surface area contributed by atoms with E-state index in [1.807, 2.05) is 0 Å². The molecule has 1 aliphatic rings. The van der Waals surface area contributed by atoms with Gasteiger partial charge in [-0.05, 0) is 37.6 Å². The van der Waals surface area contributed by atoms with Gasteiger partial charge in [-0.25, -0.2) is 4.39 Å². The molecule has 98 valence electrons. The molecule has 2 N–H and O–H groups in total. The third-order valence-electron chi connectivity index (χ3n) is 2.82. The van der Waals surface area contributed by atoms with E-state index >= 15 is 0 Å². The zero-order valence-electron chi connectivity index (χ0n) is 10.1. The van der Waals surface area contributed by atoms with Gasteiger partial charge in [0.15, 0.2) is 0 Å². The molecule has 1 heterocycles. The van der Waals surface area contributed by atoms with Crippen LogP contribution in [-0.2, 0) is 9.53 Å². The first-order valence-electron chi connectivity index (χ1n) is 6.10. The van der Waals surface area contributed by atoms with Crippen molar-refractivity contribution in [3.05, 3.63) is 30.1 Å². The van der Waals surface area contributed by atoms with Crippen LogP contribution in [0, 0.1) is 5.82 Å². The highest BCUT2D eigenvalue weighted by Gasteiger charge is 2.14. The molecule has 1 aromatic carbocycles. The topological polar surface area (TPSA) is 50.4 Å². The third kappa shape index (κ3) is 4.09. The molecule has 1 atom stereocenters. The van der Waals surface area contributed by atoms with Crippen LogP contribution in [0.2, 0.25) is 0 Å². The van der Waals surface area contributed by atoms with Gasteiger partial charge < -0.3 is 15.4 Å². The summed E-state index contributed by atoms with van der Waals surface area (Å²) < 4.78 is 18.2. The summed E-state index contributed by atoms with van der Waals surface area (Å²) in [6.45, 7) is 1.55. The van der Waals surface area contributed by atoms with E-state index in [0.29, 0.717) is 18.3 Å². The first-order chi connectivity index (χ1) is 8.74. The maximum absolute atomic E-state index is 12.9. The Morgan fingerprint density at radius 3 is 3.17 bits per heavy atom. The molecule has 0 bridgehead atoms. The summed E-state index contributed by atoms with van der Waals surface area (Å²) in [5.41, 5.74) is 0.447. The average molecular weight is 252 g/mol. The molecule has 1 saturated heterocycles. The number of anilines is 1. The molecule has 2 rings (SSSR count). The van der Waals surface area contributed by atoms with Crippen molar-refractivity contribution in [1.82, 2.24) is 5.32 Å². The molecular formula is C13H17FN2O2. The zero-order chi connectivity index (χ0) is 12.8. The number of rotatable bonds is 5. The lowest BCUT2D eigenvalue weighted by Gasteiger charge is -2.10. The summed E-state index contributed by atoms with van der Waals surface area (Å²) in [5, 5.41) is 5.86. The highest BCUT2D eigenvalue weighted by atomic mass is 19.1. The Hall–Kier alpha value is -1.46. The van der Waals surface area contributed by atoms with Gasteiger partial charge in [-0.1, -0.05) is 6.07 Å². The predicted molar refractivity (Wildman–Crippen MR) is 66.9 cm³/mol. The fraction of sp³-hybridized carbons (Fsp3) is 0.462. The van der Waals surface area contributed by atoms with Gasteiger partial charge in [-0.2, -0.15) is 0 Å². The van der Waals surface area contributed by atoms with Crippen LogP contribution < -0.4 is 10.6 Å². The summed E-state index contributed by atoms with van der Waals surface area (Å²) in [6.07, 6.45) is 2.25. The first-order valence-corrected chi connectivity index (χ1v) is 6.10. The monoisotopic (exact) mass is 252 g/mol. The van der Waals surface area contributed by atoms with Crippen molar-refractivity contribution in [2.45, 2.75) is 18.9 Å². The van der Waals surface area contributed by atoms with Crippen molar-refractivity contribution < 1.29 is 13.9 Å². The van der Waals surface area contributed by atoms with Gasteiger partial charge in [-0.15, -0.1) is 0 Å². The third-order valence-corrected chi connectivity index (χ3v) is 2.82. The molecule has 0 aromatic heterocycles. The van der Waals surface area contributed by atoms with Crippen LogP contribution >= 0.6 is 0 Å². The Morgan fingerprint density at radius 2 is 2.44 bits per heavy atom. The molecule has 0 saturated carbocycles. The van der Waals surface area contributed by atoms with Crippen molar-refractivity contribution in [1.29, 1.82) is 0 Å². The Labute approximate surface area is 106 Å². The number of benzene rings is 1. The van der Waals surface area contributed by atoms with Crippen LogP contribution in [0.15, 0.2) is 24.3 Å². The van der Waals surface area contributed by atoms with Gasteiger partial charge in [0.2, 0.25) is 5.91 Å². The summed E-state index contributed by atoms with van der Waals surface area (Å²) in [5.74, 6) is -0.637. The van der Waals surface area contributed by atoms with Crippen molar-refractivity contribution in [3.8, 4) is 0 Å². The van der Waals surface area contributed by atoms with E-state index in [9.17, 15) is 9.18 Å². The number of hydrogen-bond acceptors (Lipinski definition) is 3. The number of hydrogen-bond donors (Lipinski definition) is 2. The van der Waals surface area contributed by atoms with E-state index in [0.717, 1.165) is 19.4 Å². The lowest BCUT2D eigenvalue weighted by atomic mass is 10.2. The van der Waals surface area contributed by atoms with Crippen LogP contribution in [-0.4, -0.2) is 31.7 Å². The molecule has 0 spiro atoms. The van der Waals surface area contributed by atoms with Gasteiger partial charge in [0.1, 0.15) is 12.4 Å². The Morgan fingerprint density at radius 1 is 1.56 bits per heavy atom. The Bertz CT molecular complexity index is 406. The van der Waals surface area contributed by atoms with E-state index in [2.05, 4.69) is 10.6 Å². The lowest BCUT2D eigenvalue weighted by Crippen LogP contribution is -2.29. The van der Waals surface area contributed by atoms with Crippen molar-refractivity contribution in [2.24, 2.45) is 0 Å². The van der Waals surface area contributed by atoms with Gasteiger partial charge in [0.05, 0.1) is 6.61 Å². The average Bonchev–Trinajstić information content (AvgIpc) is 2.82. The van der Waals surface area contributed by atoms with Crippen molar-refractivity contribution in [2.75, 3.05) is 25.1 Å². The summed E-state index contributed by atoms with van der Waals surface area (Å²) in [6, 6.07) is 6.15. The second-order valence-corrected chi connectivity index (χ2v) is 4.37. The minimum absolute atomic E-state index is 0.00526. The normalized spacial score (nSPS) is 18.8. The van der Waals surface area contributed by atoms with E-state index < -0.39 is 0 Å². The summed E-state index contributed by atoms with van der Waals surface area (Å²) >= 11 is 0. The maximum atomic E-state index is 12.9. The second-order valence-electron chi connectivity index (χ2n) is 4.37. The van der Waals surface area contributed by atoms with Crippen LogP contribution in [0.3, 0.4) is 0 Å². The van der Waals surface area contributed by atoms with E-state index in [4.69, 9.17) is 4.74 Å². The minimum Gasteiger partial charge on any atom is -0.370 e. The second kappa shape index (κ2) is 6.47. The van der Waals surface area contributed by atoms with Crippen molar-refractivity contribution >= 4 is 11.6 Å². The highest BCUT2D eigenvalue weighted by Crippen LogP contribution is 2.09. The van der Waals surface area contributed by atoms with Crippen LogP contribution in [0.1, 0.15) is 12.8 Å². The molecule has 5 heteroatoms. The molecular weight excluding hydrogens is 235 g/mol. The van der Waals surface area contributed by atoms with E-state index in [-0.39, 0.29) is 18.3 Å². The van der Waals surface area contributed by atoms with E-state index in [1.165, 1.54) is 12.1 Å². The predicted octanol–water partition coefficient (Wildman–Crippen LogP) is 1.53. The molecule has 0 aliphatic carbocycles. The Kier molecular flexibility index (Phi) is 4.66. The van der Waals surface area contributed by atoms with Crippen LogP contribution in [0.4, 0.5) is 10.1 Å². The number of amides is 1. The highest BCUT2D eigenvalue weighted by molar-refractivity contribution is 5.91. The van der Waals surface area contributed by atoms with Crippen LogP contribution in [0.5, 0.6) is 0 Å². The molecule has 0 radical (unpaired) electrons. The quantitative estimate of drug-likeness (QED) is 0.835. The van der Waals surface area contributed by atoms with Gasteiger partial charge in [0.25, 0.3) is 0 Å². The largest absolute Gasteiger partial charge is 0.370 e. The van der Waals surface area contributed by atoms with Gasteiger partial charge in [-0.3, -0.25) is 4.79 Å². The number of carbonyl (C=O) groups is 1. The van der Waals surface area contributed by atoms with E-state index in [1.54, 1.807) is 12.1 Å². The zero-order valence-corrected chi connectivity index (χ0v) is 10.1. The number of carbonyl (C=O) groups excluding carboxylic acids is 1. The maximum Gasteiger partial charge on any atom is 0.250 e. The van der Waals surface area contributed by atoms with Crippen LogP contribution in [0.25, 0.3) is 0 Å². The van der Waals surface area contributed by atoms with Crippen molar-refractivity contribution in [3.63, 3.8) is 0 Å². The standard InChI is InChI=1S/C13H17FN2O2/c14-10-3-1-4-11(7-10)16-13(17)9-18-8-12-5-2-6-15-12/h1,3-4,7,12,15H,2,5-6,8-9H2,(H,16,17). The SMILES string of the molecule is O=C(COCC1CCCN1)Nc1cccc(F)c1. The molecule has 4 nitrogen and oxygen atoms in total. The fourth-order valence-corrected chi connectivity index (χ4v) is 1.96. The summed E-state index contributed by atoms with van der Waals surface area (Å²) in [4.78, 5) is 11.5. The smallest absolute Gasteiger partial charge is 0.250 e. The molecule has 1 fully saturated rings.